The van der Waals surface area contributed by atoms with Gasteiger partial charge in [-0.1, -0.05) is 23.7 Å². The average Bonchev–Trinajstić information content (AvgIpc) is 3.45. The minimum atomic E-state index is -4.71. The summed E-state index contributed by atoms with van der Waals surface area (Å²) in [7, 11) is -4.71. The fourth-order valence-electron chi connectivity index (χ4n) is 5.51. The van der Waals surface area contributed by atoms with E-state index in [9.17, 15) is 27.2 Å². The van der Waals surface area contributed by atoms with E-state index in [1.807, 2.05) is 32.0 Å². The number of nitrogens with one attached hydrogen (secondary N) is 1. The van der Waals surface area contributed by atoms with Crippen LogP contribution in [0.15, 0.2) is 71.8 Å². The molecule has 2 saturated heterocycles. The lowest BCUT2D eigenvalue weighted by molar-refractivity contribution is -0.155. The number of sulfonamides is 1. The maximum Gasteiger partial charge on any atom is 0.415 e. The van der Waals surface area contributed by atoms with Crippen molar-refractivity contribution in [1.82, 2.24) is 19.5 Å². The van der Waals surface area contributed by atoms with Gasteiger partial charge in [0.25, 0.3) is 15.9 Å². The molecule has 268 valence electrons. The van der Waals surface area contributed by atoms with E-state index in [-0.39, 0.29) is 22.1 Å². The zero-order chi connectivity index (χ0) is 36.2. The maximum absolute atomic E-state index is 14.2. The molecule has 2 amide bonds. The average molecular weight is 748 g/mol. The van der Waals surface area contributed by atoms with Crippen molar-refractivity contribution in [2.45, 2.75) is 62.1 Å². The van der Waals surface area contributed by atoms with Crippen LogP contribution in [0.5, 0.6) is 5.75 Å². The highest BCUT2D eigenvalue weighted by molar-refractivity contribution is 8.01. The van der Waals surface area contributed by atoms with Crippen LogP contribution < -0.4 is 15.0 Å². The number of thioether (sulfide) groups is 1. The zero-order valence-electron chi connectivity index (χ0n) is 28.0. The quantitative estimate of drug-likeness (QED) is 0.289. The molecule has 50 heavy (non-hydrogen) atoms. The standard InChI is InChI=1S/C34H39ClFN5O7S2/c1-22(2)47-32(43)27(41(31(42)30-38-34(3,4)21-49-30)50(45,46)25-11-9-24(36)10-12-25)20-23-8-13-28(26(35)19-23)48-33(44)40-17-15-39(16-18-40)29-7-5-6-14-37-29/h5-14,19,22,27,30,38H,15-18,20-21H2,1-4H3/t27-,30-/m0/s1. The van der Waals surface area contributed by atoms with Crippen molar-refractivity contribution in [3.8, 4) is 5.75 Å². The number of carbonyl (C=O) groups excluding carboxylic acids is 3. The van der Waals surface area contributed by atoms with Gasteiger partial charge in [-0.05, 0) is 81.8 Å². The Morgan fingerprint density at radius 1 is 1.08 bits per heavy atom. The molecular formula is C34H39ClFN5O7S2. The lowest BCUT2D eigenvalue weighted by Crippen LogP contribution is -2.56. The number of halogens is 2. The number of amides is 2. The summed E-state index contributed by atoms with van der Waals surface area (Å²) in [5.41, 5.74) is -0.124. The number of aromatic nitrogens is 1. The molecule has 0 spiro atoms. The third-order valence-electron chi connectivity index (χ3n) is 7.99. The molecule has 16 heteroatoms. The number of hydrogen-bond donors (Lipinski definition) is 1. The number of nitrogens with zero attached hydrogens (tertiary/aromatic N) is 4. The third kappa shape index (κ3) is 8.86. The molecule has 0 radical (unpaired) electrons. The molecule has 12 nitrogen and oxygen atoms in total. The van der Waals surface area contributed by atoms with Gasteiger partial charge in [-0.2, -0.15) is 0 Å². The van der Waals surface area contributed by atoms with Gasteiger partial charge >= 0.3 is 12.1 Å². The number of ether oxygens (including phenoxy) is 2. The van der Waals surface area contributed by atoms with Gasteiger partial charge in [-0.25, -0.2) is 31.7 Å². The molecule has 3 aromatic rings. The number of anilines is 1. The molecule has 3 heterocycles. The van der Waals surface area contributed by atoms with E-state index in [1.54, 1.807) is 24.9 Å². The Labute approximate surface area is 300 Å². The van der Waals surface area contributed by atoms with Crippen LogP contribution in [0.1, 0.15) is 33.3 Å². The summed E-state index contributed by atoms with van der Waals surface area (Å²) in [6.45, 7) is 8.88. The van der Waals surface area contributed by atoms with Crippen molar-refractivity contribution in [2.75, 3.05) is 36.8 Å². The number of piperazine rings is 1. The van der Waals surface area contributed by atoms with Gasteiger partial charge in [-0.3, -0.25) is 10.1 Å². The molecule has 1 aromatic heterocycles. The first-order valence-electron chi connectivity index (χ1n) is 16.0. The van der Waals surface area contributed by atoms with Crippen LogP contribution in [0.3, 0.4) is 0 Å². The van der Waals surface area contributed by atoms with Crippen molar-refractivity contribution in [2.24, 2.45) is 0 Å². The second-order valence-corrected chi connectivity index (χ2v) is 16.1. The number of rotatable bonds is 10. The summed E-state index contributed by atoms with van der Waals surface area (Å²) < 4.78 is 53.7. The van der Waals surface area contributed by atoms with E-state index in [2.05, 4.69) is 15.2 Å². The third-order valence-corrected chi connectivity index (χ3v) is 11.6. The van der Waals surface area contributed by atoms with Crippen LogP contribution in [-0.2, 0) is 30.8 Å². The van der Waals surface area contributed by atoms with Gasteiger partial charge in [0.15, 0.2) is 5.75 Å². The molecule has 0 aliphatic carbocycles. The summed E-state index contributed by atoms with van der Waals surface area (Å²) >= 11 is 7.78. The minimum Gasteiger partial charge on any atom is -0.461 e. The first-order valence-corrected chi connectivity index (χ1v) is 18.9. The van der Waals surface area contributed by atoms with Gasteiger partial charge < -0.3 is 19.3 Å². The lowest BCUT2D eigenvalue weighted by atomic mass is 10.1. The van der Waals surface area contributed by atoms with Crippen LogP contribution in [0.2, 0.25) is 5.02 Å². The number of benzene rings is 2. The van der Waals surface area contributed by atoms with E-state index in [1.165, 1.54) is 30.0 Å². The van der Waals surface area contributed by atoms with Crippen LogP contribution >= 0.6 is 23.4 Å². The first-order chi connectivity index (χ1) is 23.6. The topological polar surface area (TPSA) is 138 Å². The smallest absolute Gasteiger partial charge is 0.415 e. The van der Waals surface area contributed by atoms with E-state index in [4.69, 9.17) is 21.1 Å². The zero-order valence-corrected chi connectivity index (χ0v) is 30.4. The van der Waals surface area contributed by atoms with Gasteiger partial charge in [0.1, 0.15) is 23.1 Å². The molecule has 0 saturated carbocycles. The largest absolute Gasteiger partial charge is 0.461 e. The van der Waals surface area contributed by atoms with Crippen molar-refractivity contribution in [3.05, 3.63) is 83.3 Å². The lowest BCUT2D eigenvalue weighted by Gasteiger charge is -2.34. The molecule has 2 aliphatic rings. The molecular weight excluding hydrogens is 709 g/mol. The monoisotopic (exact) mass is 747 g/mol. The van der Waals surface area contributed by atoms with Gasteiger partial charge in [-0.15, -0.1) is 11.8 Å². The molecule has 2 aliphatic heterocycles. The second kappa shape index (κ2) is 15.5. The molecule has 2 fully saturated rings. The number of esters is 1. The van der Waals surface area contributed by atoms with E-state index < -0.39 is 56.9 Å². The Hall–Kier alpha value is -3.92. The van der Waals surface area contributed by atoms with E-state index in [0.717, 1.165) is 30.1 Å². The molecule has 2 atom stereocenters. The van der Waals surface area contributed by atoms with Gasteiger partial charge in [0, 0.05) is 50.1 Å². The maximum atomic E-state index is 14.2. The van der Waals surface area contributed by atoms with E-state index in [0.29, 0.717) is 41.8 Å². The molecule has 2 aromatic carbocycles. The number of pyridine rings is 1. The van der Waals surface area contributed by atoms with Crippen LogP contribution in [-0.4, -0.2) is 95.6 Å². The Bertz CT molecular complexity index is 1810. The molecule has 0 unspecified atom stereocenters. The van der Waals surface area contributed by atoms with Crippen LogP contribution in [0, 0.1) is 5.82 Å². The van der Waals surface area contributed by atoms with Crippen molar-refractivity contribution in [3.63, 3.8) is 0 Å². The minimum absolute atomic E-state index is 0.0352. The Morgan fingerprint density at radius 2 is 1.78 bits per heavy atom. The molecule has 0 bridgehead atoms. The van der Waals surface area contributed by atoms with E-state index >= 15 is 0 Å². The summed E-state index contributed by atoms with van der Waals surface area (Å²) in [6.07, 6.45) is 0.167. The highest BCUT2D eigenvalue weighted by Gasteiger charge is 2.46. The highest BCUT2D eigenvalue weighted by Crippen LogP contribution is 2.33. The van der Waals surface area contributed by atoms with Gasteiger partial charge in [0.05, 0.1) is 16.0 Å². The Balaban J connectivity index is 1.39. The highest BCUT2D eigenvalue weighted by atomic mass is 35.5. The Kier molecular flexibility index (Phi) is 11.6. The molecule has 5 rings (SSSR count). The predicted octanol–water partition coefficient (Wildman–Crippen LogP) is 4.72. The predicted molar refractivity (Wildman–Crippen MR) is 188 cm³/mol. The number of carbonyl (C=O) groups is 3. The SMILES string of the molecule is CC(C)OC(=O)[C@H](Cc1ccc(OC(=O)N2CCN(c3ccccn3)CC2)c(Cl)c1)N(C(=O)[C@H]1NC(C)(C)CS1)S(=O)(=O)c1ccc(F)cc1. The van der Waals surface area contributed by atoms with Crippen LogP contribution in [0.25, 0.3) is 0 Å². The number of hydrogen-bond acceptors (Lipinski definition) is 11. The van der Waals surface area contributed by atoms with Crippen LogP contribution in [0.4, 0.5) is 15.0 Å². The van der Waals surface area contributed by atoms with Crippen molar-refractivity contribution in [1.29, 1.82) is 0 Å². The summed E-state index contributed by atoms with van der Waals surface area (Å²) in [4.78, 5) is 48.4. The normalized spacial score (nSPS) is 18.1. The summed E-state index contributed by atoms with van der Waals surface area (Å²) in [5.74, 6) is -1.12. The molecule has 1 N–H and O–H groups in total. The second-order valence-electron chi connectivity index (χ2n) is 12.8. The fourth-order valence-corrected chi connectivity index (χ4v) is 8.68. The van der Waals surface area contributed by atoms with Gasteiger partial charge in [0.2, 0.25) is 0 Å². The van der Waals surface area contributed by atoms with Crippen molar-refractivity contribution < 1.29 is 36.7 Å². The van der Waals surface area contributed by atoms with Crippen molar-refractivity contribution >= 4 is 57.2 Å². The summed E-state index contributed by atoms with van der Waals surface area (Å²) in [5, 5.41) is 2.17. The first kappa shape index (κ1) is 37.3. The summed E-state index contributed by atoms with van der Waals surface area (Å²) in [6, 6.07) is 12.4. The fraction of sp³-hybridized carbons (Fsp3) is 0.412. The Morgan fingerprint density at radius 3 is 2.36 bits per heavy atom.